The van der Waals surface area contributed by atoms with E-state index in [4.69, 9.17) is 9.84 Å². The van der Waals surface area contributed by atoms with Gasteiger partial charge in [0, 0.05) is 13.0 Å². The van der Waals surface area contributed by atoms with Crippen LogP contribution in [0.1, 0.15) is 12.0 Å². The van der Waals surface area contributed by atoms with Gasteiger partial charge in [-0.15, -0.1) is 0 Å². The first kappa shape index (κ1) is 11.0. The van der Waals surface area contributed by atoms with Gasteiger partial charge in [-0.1, -0.05) is 12.1 Å². The van der Waals surface area contributed by atoms with Crippen molar-refractivity contribution in [3.8, 4) is 5.75 Å². The molecule has 0 saturated heterocycles. The monoisotopic (exact) mass is 198 g/mol. The highest BCUT2D eigenvalue weighted by Crippen LogP contribution is 2.12. The summed E-state index contributed by atoms with van der Waals surface area (Å²) in [5, 5.41) is 8.69. The minimum atomic E-state index is -0.345. The molecule has 0 amide bonds. The first-order valence-corrected chi connectivity index (χ1v) is 4.75. The van der Waals surface area contributed by atoms with Crippen molar-refractivity contribution in [2.24, 2.45) is 0 Å². The maximum absolute atomic E-state index is 11.8. The second-order valence-corrected chi connectivity index (χ2v) is 3.01. The number of benzene rings is 1. The molecule has 0 unspecified atom stereocenters. The molecule has 1 N–H and O–H groups in total. The average molecular weight is 198 g/mol. The predicted molar refractivity (Wildman–Crippen MR) is 53.3 cm³/mol. The summed E-state index contributed by atoms with van der Waals surface area (Å²) in [5.74, 6) is 0.750. The molecule has 0 fully saturated rings. The Kier molecular flexibility index (Phi) is 5.00. The molecular formula is C11H15FO2. The molecule has 0 aliphatic heterocycles. The van der Waals surface area contributed by atoms with Crippen molar-refractivity contribution >= 4 is 0 Å². The van der Waals surface area contributed by atoms with Crippen molar-refractivity contribution in [3.63, 3.8) is 0 Å². The highest BCUT2D eigenvalue weighted by Gasteiger charge is 1.95. The second-order valence-electron chi connectivity index (χ2n) is 3.01. The van der Waals surface area contributed by atoms with Crippen LogP contribution in [0.15, 0.2) is 24.3 Å². The third-order valence-corrected chi connectivity index (χ3v) is 1.87. The van der Waals surface area contributed by atoms with Crippen LogP contribution in [0, 0.1) is 0 Å². The lowest BCUT2D eigenvalue weighted by Gasteiger charge is -2.05. The van der Waals surface area contributed by atoms with Gasteiger partial charge in [0.05, 0.1) is 13.3 Å². The van der Waals surface area contributed by atoms with Crippen LogP contribution in [0.4, 0.5) is 4.39 Å². The van der Waals surface area contributed by atoms with Crippen LogP contribution in [0.3, 0.4) is 0 Å². The van der Waals surface area contributed by atoms with Crippen molar-refractivity contribution in [2.75, 3.05) is 19.9 Å². The lowest BCUT2D eigenvalue weighted by molar-refractivity contribution is 0.289. The molecule has 2 nitrogen and oxygen atoms in total. The first-order valence-electron chi connectivity index (χ1n) is 4.75. The Morgan fingerprint density at radius 3 is 2.50 bits per heavy atom. The highest BCUT2D eigenvalue weighted by atomic mass is 19.1. The van der Waals surface area contributed by atoms with Crippen molar-refractivity contribution in [3.05, 3.63) is 29.8 Å². The van der Waals surface area contributed by atoms with Crippen LogP contribution in [0.2, 0.25) is 0 Å². The fourth-order valence-electron chi connectivity index (χ4n) is 1.13. The standard InChI is InChI=1S/C11H15FO2/c12-7-1-9-14-11-4-2-10(3-5-11)6-8-13/h2-5,13H,1,6-9H2. The van der Waals surface area contributed by atoms with Gasteiger partial charge in [0.25, 0.3) is 0 Å². The molecule has 78 valence electrons. The Bertz CT molecular complexity index is 246. The molecule has 1 aromatic rings. The molecule has 0 radical (unpaired) electrons. The van der Waals surface area contributed by atoms with Crippen LogP contribution in [-0.2, 0) is 6.42 Å². The van der Waals surface area contributed by atoms with E-state index in [2.05, 4.69) is 0 Å². The van der Waals surface area contributed by atoms with Gasteiger partial charge in [0.1, 0.15) is 5.75 Å². The van der Waals surface area contributed by atoms with Gasteiger partial charge in [-0.05, 0) is 24.1 Å². The number of ether oxygens (including phenoxy) is 1. The predicted octanol–water partition coefficient (Wildman–Crippen LogP) is 1.96. The number of halogens is 1. The Morgan fingerprint density at radius 1 is 1.21 bits per heavy atom. The highest BCUT2D eigenvalue weighted by molar-refractivity contribution is 5.27. The van der Waals surface area contributed by atoms with Crippen molar-refractivity contribution in [2.45, 2.75) is 12.8 Å². The minimum Gasteiger partial charge on any atom is -0.494 e. The Hall–Kier alpha value is -1.09. The van der Waals surface area contributed by atoms with E-state index in [1.165, 1.54) is 0 Å². The van der Waals surface area contributed by atoms with E-state index in [0.717, 1.165) is 11.3 Å². The SMILES string of the molecule is OCCc1ccc(OCCCF)cc1. The van der Waals surface area contributed by atoms with Crippen LogP contribution in [-0.4, -0.2) is 25.0 Å². The molecule has 0 heterocycles. The lowest BCUT2D eigenvalue weighted by atomic mass is 10.1. The zero-order valence-corrected chi connectivity index (χ0v) is 8.08. The summed E-state index contributed by atoms with van der Waals surface area (Å²) in [4.78, 5) is 0. The van der Waals surface area contributed by atoms with Crippen molar-refractivity contribution in [1.82, 2.24) is 0 Å². The molecule has 14 heavy (non-hydrogen) atoms. The largest absolute Gasteiger partial charge is 0.494 e. The topological polar surface area (TPSA) is 29.5 Å². The molecule has 0 aliphatic carbocycles. The zero-order valence-electron chi connectivity index (χ0n) is 8.08. The van der Waals surface area contributed by atoms with Gasteiger partial charge in [-0.25, -0.2) is 0 Å². The molecule has 0 saturated carbocycles. The number of alkyl halides is 1. The number of hydrogen-bond donors (Lipinski definition) is 1. The van der Waals surface area contributed by atoms with Crippen LogP contribution >= 0.6 is 0 Å². The fourth-order valence-corrected chi connectivity index (χ4v) is 1.13. The van der Waals surface area contributed by atoms with E-state index < -0.39 is 0 Å². The molecule has 0 aliphatic rings. The maximum atomic E-state index is 11.8. The van der Waals surface area contributed by atoms with Gasteiger partial charge in [0.2, 0.25) is 0 Å². The molecular weight excluding hydrogens is 183 g/mol. The van der Waals surface area contributed by atoms with Crippen molar-refractivity contribution < 1.29 is 14.2 Å². The van der Waals surface area contributed by atoms with Crippen LogP contribution in [0.5, 0.6) is 5.75 Å². The molecule has 1 rings (SSSR count). The summed E-state index contributed by atoms with van der Waals surface area (Å²) in [6.45, 7) is 0.223. The quantitative estimate of drug-likeness (QED) is 0.708. The van der Waals surface area contributed by atoms with Gasteiger partial charge in [0.15, 0.2) is 0 Å². The average Bonchev–Trinajstić information content (AvgIpc) is 2.21. The third kappa shape index (κ3) is 3.75. The summed E-state index contributed by atoms with van der Waals surface area (Å²) in [5.41, 5.74) is 1.07. The number of aliphatic hydroxyl groups excluding tert-OH is 1. The Morgan fingerprint density at radius 2 is 1.93 bits per heavy atom. The smallest absolute Gasteiger partial charge is 0.119 e. The molecule has 0 atom stereocenters. The Balaban J connectivity index is 2.38. The first-order chi connectivity index (χ1) is 6.86. The summed E-state index contributed by atoms with van der Waals surface area (Å²) < 4.78 is 17.0. The summed E-state index contributed by atoms with van der Waals surface area (Å²) in [6, 6.07) is 7.48. The summed E-state index contributed by atoms with van der Waals surface area (Å²) >= 11 is 0. The van der Waals surface area contributed by atoms with Crippen LogP contribution < -0.4 is 4.74 Å². The second kappa shape index (κ2) is 6.38. The van der Waals surface area contributed by atoms with Gasteiger partial charge < -0.3 is 9.84 Å². The minimum absolute atomic E-state index is 0.155. The molecule has 3 heteroatoms. The lowest BCUT2D eigenvalue weighted by Crippen LogP contribution is -1.98. The molecule has 1 aromatic carbocycles. The van der Waals surface area contributed by atoms with E-state index in [1.807, 2.05) is 24.3 Å². The van der Waals surface area contributed by atoms with Gasteiger partial charge >= 0.3 is 0 Å². The van der Waals surface area contributed by atoms with Gasteiger partial charge in [-0.3, -0.25) is 4.39 Å². The maximum Gasteiger partial charge on any atom is 0.119 e. The van der Waals surface area contributed by atoms with E-state index >= 15 is 0 Å². The fraction of sp³-hybridized carbons (Fsp3) is 0.455. The van der Waals surface area contributed by atoms with Crippen molar-refractivity contribution in [1.29, 1.82) is 0 Å². The van der Waals surface area contributed by atoms with E-state index in [0.29, 0.717) is 19.4 Å². The van der Waals surface area contributed by atoms with E-state index in [1.54, 1.807) is 0 Å². The van der Waals surface area contributed by atoms with Crippen LogP contribution in [0.25, 0.3) is 0 Å². The summed E-state index contributed by atoms with van der Waals surface area (Å²) in [7, 11) is 0. The molecule has 0 spiro atoms. The Labute approximate surface area is 83.3 Å². The molecule has 0 bridgehead atoms. The van der Waals surface area contributed by atoms with E-state index in [9.17, 15) is 4.39 Å². The molecule has 0 aromatic heterocycles. The number of hydrogen-bond acceptors (Lipinski definition) is 2. The zero-order chi connectivity index (χ0) is 10.2. The number of aliphatic hydroxyl groups is 1. The summed E-state index contributed by atoms with van der Waals surface area (Å²) in [6.07, 6.45) is 1.09. The normalized spacial score (nSPS) is 10.1. The van der Waals surface area contributed by atoms with Gasteiger partial charge in [-0.2, -0.15) is 0 Å². The number of rotatable bonds is 6. The van der Waals surface area contributed by atoms with E-state index in [-0.39, 0.29) is 13.3 Å². The third-order valence-electron chi connectivity index (χ3n) is 1.87.